The van der Waals surface area contributed by atoms with Crippen molar-refractivity contribution in [3.05, 3.63) is 0 Å². The Kier molecular flexibility index (Phi) is 11.3. The third-order valence-corrected chi connectivity index (χ3v) is 6.85. The SMILES string of the molecule is C[C@@H](O)[C@@H](SCC(NC(=O)CC[C@H](N)C(=O)[O-])C(=O)NCC(=O)[O-])P(=O)(O)O. The highest BCUT2D eigenvalue weighted by molar-refractivity contribution is 8.05. The minimum absolute atomic E-state index is 0.298. The topological polar surface area (TPSA) is 242 Å². The van der Waals surface area contributed by atoms with Gasteiger partial charge in [0.1, 0.15) is 11.0 Å². The van der Waals surface area contributed by atoms with Gasteiger partial charge in [-0.05, 0) is 13.3 Å². The lowest BCUT2D eigenvalue weighted by atomic mass is 10.1. The fraction of sp³-hybridized carbons (Fsp3) is 0.692. The van der Waals surface area contributed by atoms with Gasteiger partial charge in [-0.15, -0.1) is 11.8 Å². The maximum atomic E-state index is 12.0. The van der Waals surface area contributed by atoms with Gasteiger partial charge >= 0.3 is 7.60 Å². The number of thioether (sulfide) groups is 1. The molecule has 0 fully saturated rings. The van der Waals surface area contributed by atoms with Crippen LogP contribution < -0.4 is 26.6 Å². The minimum Gasteiger partial charge on any atom is -0.548 e. The maximum Gasteiger partial charge on any atom is 0.341 e. The number of nitrogens with two attached hydrogens (primary N) is 1. The number of hydrogen-bond donors (Lipinski definition) is 6. The molecular formula is C13H22N3O10PS-2. The average Bonchev–Trinajstić information content (AvgIpc) is 2.54. The number of carboxylic acid groups (broad SMARTS) is 2. The van der Waals surface area contributed by atoms with Crippen molar-refractivity contribution in [3.63, 3.8) is 0 Å². The number of aliphatic hydroxyl groups excluding tert-OH is 1. The minimum atomic E-state index is -4.74. The standard InChI is InChI=1S/C13H24N3O10PS/c1-6(17)13(27(24,25)26)28-5-8(11(21)15-4-10(19)20)16-9(18)3-2-7(14)12(22)23/h6-8,13,17H,2-5,14H2,1H3,(H,15,21)(H,16,18)(H,19,20)(H,22,23)(H2,24,25,26)/p-2/t6-,7+,8?,13-/m1/s1. The molecule has 28 heavy (non-hydrogen) atoms. The van der Waals surface area contributed by atoms with E-state index in [9.17, 15) is 48.8 Å². The van der Waals surface area contributed by atoms with Gasteiger partial charge in [-0.2, -0.15) is 0 Å². The molecule has 15 heteroatoms. The van der Waals surface area contributed by atoms with Crippen molar-refractivity contribution in [3.8, 4) is 0 Å². The Bertz CT molecular complexity index is 626. The number of carbonyl (C=O) groups is 4. The van der Waals surface area contributed by atoms with Gasteiger partial charge < -0.3 is 51.1 Å². The molecule has 0 aromatic carbocycles. The molecular weight excluding hydrogens is 421 g/mol. The number of rotatable bonds is 13. The number of aliphatic carboxylic acids is 2. The normalized spacial score (nSPS) is 15.8. The zero-order valence-corrected chi connectivity index (χ0v) is 16.5. The van der Waals surface area contributed by atoms with Crippen LogP contribution in [0.5, 0.6) is 0 Å². The molecule has 0 radical (unpaired) electrons. The number of amides is 2. The van der Waals surface area contributed by atoms with Crippen molar-refractivity contribution in [2.24, 2.45) is 5.73 Å². The molecule has 162 valence electrons. The van der Waals surface area contributed by atoms with Crippen molar-refractivity contribution in [1.29, 1.82) is 0 Å². The zero-order chi connectivity index (χ0) is 22.1. The summed E-state index contributed by atoms with van der Waals surface area (Å²) >= 11 is 0.498. The summed E-state index contributed by atoms with van der Waals surface area (Å²) in [5.41, 5.74) is 5.20. The summed E-state index contributed by atoms with van der Waals surface area (Å²) in [7, 11) is -4.74. The Morgan fingerprint density at radius 2 is 1.79 bits per heavy atom. The first-order valence-electron chi connectivity index (χ1n) is 7.84. The number of carboxylic acids is 2. The van der Waals surface area contributed by atoms with E-state index in [0.717, 1.165) is 6.92 Å². The van der Waals surface area contributed by atoms with Crippen molar-refractivity contribution in [2.75, 3.05) is 12.3 Å². The summed E-state index contributed by atoms with van der Waals surface area (Å²) < 4.78 is 11.4. The summed E-state index contributed by atoms with van der Waals surface area (Å²) in [6.07, 6.45) is -2.15. The van der Waals surface area contributed by atoms with Crippen LogP contribution in [-0.4, -0.2) is 74.1 Å². The smallest absolute Gasteiger partial charge is 0.341 e. The molecule has 0 aliphatic carbocycles. The second-order valence-electron chi connectivity index (χ2n) is 5.73. The van der Waals surface area contributed by atoms with Gasteiger partial charge in [-0.1, -0.05) is 0 Å². The summed E-state index contributed by atoms with van der Waals surface area (Å²) in [6.45, 7) is 0.256. The molecule has 0 rings (SSSR count). The monoisotopic (exact) mass is 443 g/mol. The van der Waals surface area contributed by atoms with Crippen molar-refractivity contribution < 1.29 is 48.8 Å². The molecule has 0 aromatic heterocycles. The van der Waals surface area contributed by atoms with E-state index in [1.807, 2.05) is 5.32 Å². The van der Waals surface area contributed by atoms with Gasteiger partial charge in [0, 0.05) is 18.2 Å². The van der Waals surface area contributed by atoms with E-state index in [4.69, 9.17) is 5.73 Å². The van der Waals surface area contributed by atoms with Gasteiger partial charge in [0.25, 0.3) is 0 Å². The van der Waals surface area contributed by atoms with Crippen LogP contribution >= 0.6 is 19.4 Å². The average molecular weight is 443 g/mol. The molecule has 0 spiro atoms. The second kappa shape index (κ2) is 12.0. The highest BCUT2D eigenvalue weighted by Crippen LogP contribution is 2.48. The Morgan fingerprint density at radius 3 is 2.21 bits per heavy atom. The van der Waals surface area contributed by atoms with Gasteiger partial charge in [0.2, 0.25) is 11.8 Å². The Labute approximate surface area is 164 Å². The highest BCUT2D eigenvalue weighted by Gasteiger charge is 2.35. The van der Waals surface area contributed by atoms with E-state index >= 15 is 0 Å². The van der Waals surface area contributed by atoms with Crippen LogP contribution in [0.3, 0.4) is 0 Å². The van der Waals surface area contributed by atoms with E-state index in [-0.39, 0.29) is 6.42 Å². The van der Waals surface area contributed by atoms with Gasteiger partial charge in [0.15, 0.2) is 0 Å². The van der Waals surface area contributed by atoms with Crippen molar-refractivity contribution in [1.82, 2.24) is 10.6 Å². The Hall–Kier alpha value is -1.70. The summed E-state index contributed by atoms with van der Waals surface area (Å²) in [4.78, 5) is 61.8. The quantitative estimate of drug-likeness (QED) is 0.146. The van der Waals surface area contributed by atoms with Crippen molar-refractivity contribution >= 4 is 43.1 Å². The van der Waals surface area contributed by atoms with E-state index in [1.54, 1.807) is 0 Å². The maximum absolute atomic E-state index is 12.0. The molecule has 0 saturated heterocycles. The van der Waals surface area contributed by atoms with E-state index in [1.165, 1.54) is 0 Å². The third kappa shape index (κ3) is 10.6. The predicted molar refractivity (Wildman–Crippen MR) is 92.1 cm³/mol. The lowest BCUT2D eigenvalue weighted by molar-refractivity contribution is -0.308. The lowest BCUT2D eigenvalue weighted by Gasteiger charge is -2.24. The van der Waals surface area contributed by atoms with E-state index < -0.39 is 73.2 Å². The molecule has 0 heterocycles. The van der Waals surface area contributed by atoms with E-state index in [0.29, 0.717) is 11.8 Å². The highest BCUT2D eigenvalue weighted by atomic mass is 32.2. The van der Waals surface area contributed by atoms with Crippen LogP contribution in [0.4, 0.5) is 0 Å². The number of hydrogen-bond acceptors (Lipinski definition) is 10. The Morgan fingerprint density at radius 1 is 1.21 bits per heavy atom. The van der Waals surface area contributed by atoms with Crippen LogP contribution in [0.25, 0.3) is 0 Å². The first kappa shape index (κ1) is 26.3. The molecule has 1 unspecified atom stereocenters. The van der Waals surface area contributed by atoms with Crippen LogP contribution in [0.15, 0.2) is 0 Å². The largest absolute Gasteiger partial charge is 0.548 e. The fourth-order valence-corrected chi connectivity index (χ4v) is 4.35. The second-order valence-corrected chi connectivity index (χ2v) is 8.99. The van der Waals surface area contributed by atoms with Gasteiger partial charge in [-0.25, -0.2) is 0 Å². The molecule has 0 aliphatic rings. The van der Waals surface area contributed by atoms with Gasteiger partial charge in [-0.3, -0.25) is 14.2 Å². The third-order valence-electron chi connectivity index (χ3n) is 3.22. The van der Waals surface area contributed by atoms with Crippen LogP contribution in [0.2, 0.25) is 0 Å². The number of aliphatic hydroxyl groups is 1. The molecule has 4 atom stereocenters. The Balaban J connectivity index is 5.07. The lowest BCUT2D eigenvalue weighted by Crippen LogP contribution is -2.51. The van der Waals surface area contributed by atoms with Crippen molar-refractivity contribution in [2.45, 2.75) is 42.9 Å². The molecule has 13 nitrogen and oxygen atoms in total. The molecule has 2 amide bonds. The van der Waals surface area contributed by atoms with Crippen LogP contribution in [0.1, 0.15) is 19.8 Å². The summed E-state index contributed by atoms with van der Waals surface area (Å²) in [5.74, 6) is -5.39. The summed E-state index contributed by atoms with van der Waals surface area (Å²) in [6, 6.07) is -2.84. The molecule has 7 N–H and O–H groups in total. The first-order chi connectivity index (χ1) is 12.8. The van der Waals surface area contributed by atoms with Gasteiger partial charge in [0.05, 0.1) is 24.6 Å². The van der Waals surface area contributed by atoms with Crippen LogP contribution in [-0.2, 0) is 23.7 Å². The number of carbonyl (C=O) groups excluding carboxylic acids is 4. The molecule has 0 bridgehead atoms. The summed E-state index contributed by atoms with van der Waals surface area (Å²) in [5, 5.41) is 34.6. The van der Waals surface area contributed by atoms with E-state index in [2.05, 4.69) is 5.32 Å². The van der Waals surface area contributed by atoms with Crippen LogP contribution in [0, 0.1) is 0 Å². The zero-order valence-electron chi connectivity index (χ0n) is 14.8. The first-order valence-corrected chi connectivity index (χ1v) is 10.6. The molecule has 0 saturated carbocycles. The molecule has 0 aromatic rings. The predicted octanol–water partition coefficient (Wildman–Crippen LogP) is -5.19. The fourth-order valence-electron chi connectivity index (χ4n) is 1.85. The molecule has 0 aliphatic heterocycles. The number of nitrogens with one attached hydrogen (secondary N) is 2.